The molecule has 0 aromatic heterocycles. The summed E-state index contributed by atoms with van der Waals surface area (Å²) in [6.07, 6.45) is 0. The molecule has 2 N–H and O–H groups in total. The fourth-order valence-corrected chi connectivity index (χ4v) is 1.07. The average Bonchev–Trinajstić information content (AvgIpc) is 2.15. The number of hydrogen-bond acceptors (Lipinski definition) is 3. The number of carboxylic acid groups (broad SMARTS) is 1. The van der Waals surface area contributed by atoms with Gasteiger partial charge in [0, 0.05) is 0 Å². The first-order valence-corrected chi connectivity index (χ1v) is 4.10. The maximum absolute atomic E-state index is 10.3. The van der Waals surface area contributed by atoms with Crippen LogP contribution in [0.2, 0.25) is 0 Å². The van der Waals surface area contributed by atoms with E-state index in [0.29, 0.717) is 11.3 Å². The standard InChI is InChI=1S/C10H10N2O2/c1-7-2-3-8(5-11)9(4-7)12-6-10(13)14/h2-4,12H,6H2,1H3,(H,13,14). The van der Waals surface area contributed by atoms with Crippen molar-refractivity contribution in [3.05, 3.63) is 29.3 Å². The van der Waals surface area contributed by atoms with Gasteiger partial charge in [-0.1, -0.05) is 6.07 Å². The molecule has 1 aromatic carbocycles. The van der Waals surface area contributed by atoms with E-state index >= 15 is 0 Å². The lowest BCUT2D eigenvalue weighted by Gasteiger charge is -2.06. The Morgan fingerprint density at radius 1 is 1.64 bits per heavy atom. The second-order valence-electron chi connectivity index (χ2n) is 2.91. The van der Waals surface area contributed by atoms with E-state index in [-0.39, 0.29) is 6.54 Å². The number of nitriles is 1. The third-order valence-electron chi connectivity index (χ3n) is 1.73. The van der Waals surface area contributed by atoms with Gasteiger partial charge in [0.15, 0.2) is 0 Å². The molecule has 14 heavy (non-hydrogen) atoms. The van der Waals surface area contributed by atoms with Crippen LogP contribution in [0.3, 0.4) is 0 Å². The number of carboxylic acids is 1. The molecule has 0 saturated carbocycles. The zero-order chi connectivity index (χ0) is 10.6. The van der Waals surface area contributed by atoms with E-state index in [9.17, 15) is 4.79 Å². The molecule has 0 amide bonds. The fraction of sp³-hybridized carbons (Fsp3) is 0.200. The van der Waals surface area contributed by atoms with Crippen LogP contribution >= 0.6 is 0 Å². The summed E-state index contributed by atoms with van der Waals surface area (Å²) in [5.41, 5.74) is 2.00. The molecule has 0 fully saturated rings. The fourth-order valence-electron chi connectivity index (χ4n) is 1.07. The maximum atomic E-state index is 10.3. The molecule has 1 rings (SSSR count). The first-order chi connectivity index (χ1) is 6.63. The Morgan fingerprint density at radius 2 is 2.36 bits per heavy atom. The monoisotopic (exact) mass is 190 g/mol. The van der Waals surface area contributed by atoms with Gasteiger partial charge in [0.05, 0.1) is 11.3 Å². The number of carbonyl (C=O) groups is 1. The average molecular weight is 190 g/mol. The molecule has 4 heteroatoms. The van der Waals surface area contributed by atoms with Crippen molar-refractivity contribution in [1.82, 2.24) is 0 Å². The number of aliphatic carboxylic acids is 1. The summed E-state index contributed by atoms with van der Waals surface area (Å²) in [5.74, 6) is -0.949. The normalized spacial score (nSPS) is 9.14. The van der Waals surface area contributed by atoms with Gasteiger partial charge in [0.1, 0.15) is 12.6 Å². The van der Waals surface area contributed by atoms with Crippen molar-refractivity contribution >= 4 is 11.7 Å². The molecular weight excluding hydrogens is 180 g/mol. The SMILES string of the molecule is Cc1ccc(C#N)c(NCC(=O)O)c1. The van der Waals surface area contributed by atoms with E-state index in [2.05, 4.69) is 5.32 Å². The summed E-state index contributed by atoms with van der Waals surface area (Å²) in [6.45, 7) is 1.70. The molecule has 0 atom stereocenters. The number of anilines is 1. The van der Waals surface area contributed by atoms with Gasteiger partial charge in [-0.15, -0.1) is 0 Å². The molecule has 0 spiro atoms. The third-order valence-corrected chi connectivity index (χ3v) is 1.73. The summed E-state index contributed by atoms with van der Waals surface area (Å²) in [4.78, 5) is 10.3. The Morgan fingerprint density at radius 3 is 2.93 bits per heavy atom. The van der Waals surface area contributed by atoms with Gasteiger partial charge in [-0.2, -0.15) is 5.26 Å². The first-order valence-electron chi connectivity index (χ1n) is 4.10. The van der Waals surface area contributed by atoms with Crippen LogP contribution in [-0.4, -0.2) is 17.6 Å². The van der Waals surface area contributed by atoms with Crippen LogP contribution in [0.25, 0.3) is 0 Å². The molecule has 0 heterocycles. The van der Waals surface area contributed by atoms with Gasteiger partial charge in [-0.25, -0.2) is 0 Å². The van der Waals surface area contributed by atoms with Crippen LogP contribution in [0.4, 0.5) is 5.69 Å². The van der Waals surface area contributed by atoms with Crippen LogP contribution in [-0.2, 0) is 4.79 Å². The highest BCUT2D eigenvalue weighted by atomic mass is 16.4. The molecule has 1 aromatic rings. The minimum atomic E-state index is -0.949. The molecule has 0 aliphatic carbocycles. The van der Waals surface area contributed by atoms with Crippen LogP contribution in [0.15, 0.2) is 18.2 Å². The van der Waals surface area contributed by atoms with Gasteiger partial charge in [0.25, 0.3) is 0 Å². The second-order valence-corrected chi connectivity index (χ2v) is 2.91. The summed E-state index contributed by atoms with van der Waals surface area (Å²) in [7, 11) is 0. The van der Waals surface area contributed by atoms with Gasteiger partial charge in [-0.3, -0.25) is 4.79 Å². The minimum absolute atomic E-state index is 0.182. The summed E-state index contributed by atoms with van der Waals surface area (Å²) in [5, 5.41) is 19.9. The minimum Gasteiger partial charge on any atom is -0.480 e. The van der Waals surface area contributed by atoms with Crippen LogP contribution in [0.5, 0.6) is 0 Å². The lowest BCUT2D eigenvalue weighted by atomic mass is 10.1. The highest BCUT2D eigenvalue weighted by molar-refractivity contribution is 5.74. The summed E-state index contributed by atoms with van der Waals surface area (Å²) < 4.78 is 0. The number of hydrogen-bond donors (Lipinski definition) is 2. The van der Waals surface area contributed by atoms with Gasteiger partial charge < -0.3 is 10.4 Å². The van der Waals surface area contributed by atoms with E-state index in [1.807, 2.05) is 19.1 Å². The Kier molecular flexibility index (Phi) is 3.08. The largest absolute Gasteiger partial charge is 0.480 e. The third kappa shape index (κ3) is 2.49. The van der Waals surface area contributed by atoms with Crippen molar-refractivity contribution in [3.63, 3.8) is 0 Å². The first kappa shape index (κ1) is 10.1. The highest BCUT2D eigenvalue weighted by Gasteiger charge is 2.03. The van der Waals surface area contributed by atoms with E-state index in [0.717, 1.165) is 5.56 Å². The van der Waals surface area contributed by atoms with E-state index in [1.165, 1.54) is 0 Å². The predicted molar refractivity (Wildman–Crippen MR) is 52.0 cm³/mol. The number of nitrogens with zero attached hydrogens (tertiary/aromatic N) is 1. The Hall–Kier alpha value is -2.02. The Labute approximate surface area is 81.8 Å². The van der Waals surface area contributed by atoms with Crippen LogP contribution in [0.1, 0.15) is 11.1 Å². The molecule has 0 aliphatic rings. The van der Waals surface area contributed by atoms with E-state index in [1.54, 1.807) is 12.1 Å². The maximum Gasteiger partial charge on any atom is 0.322 e. The summed E-state index contributed by atoms with van der Waals surface area (Å²) in [6, 6.07) is 7.22. The molecule has 0 unspecified atom stereocenters. The molecule has 0 bridgehead atoms. The smallest absolute Gasteiger partial charge is 0.322 e. The van der Waals surface area contributed by atoms with Crippen molar-refractivity contribution in [3.8, 4) is 6.07 Å². The highest BCUT2D eigenvalue weighted by Crippen LogP contribution is 2.15. The number of nitrogens with one attached hydrogen (secondary N) is 1. The lowest BCUT2D eigenvalue weighted by molar-refractivity contribution is -0.134. The second kappa shape index (κ2) is 4.28. The predicted octanol–water partition coefficient (Wildman–Crippen LogP) is 1.36. The van der Waals surface area contributed by atoms with Crippen molar-refractivity contribution in [1.29, 1.82) is 5.26 Å². The van der Waals surface area contributed by atoms with Gasteiger partial charge in [0.2, 0.25) is 0 Å². The van der Waals surface area contributed by atoms with Crippen molar-refractivity contribution in [2.24, 2.45) is 0 Å². The van der Waals surface area contributed by atoms with Crippen LogP contribution in [0, 0.1) is 18.3 Å². The molecule has 0 aliphatic heterocycles. The van der Waals surface area contributed by atoms with Gasteiger partial charge >= 0.3 is 5.97 Å². The lowest BCUT2D eigenvalue weighted by Crippen LogP contribution is -2.13. The summed E-state index contributed by atoms with van der Waals surface area (Å²) >= 11 is 0. The molecule has 0 radical (unpaired) electrons. The quantitative estimate of drug-likeness (QED) is 0.754. The number of rotatable bonds is 3. The zero-order valence-electron chi connectivity index (χ0n) is 7.74. The molecule has 72 valence electrons. The number of benzene rings is 1. The van der Waals surface area contributed by atoms with Crippen molar-refractivity contribution in [2.75, 3.05) is 11.9 Å². The van der Waals surface area contributed by atoms with Gasteiger partial charge in [-0.05, 0) is 24.6 Å². The topological polar surface area (TPSA) is 73.1 Å². The molecular formula is C10H10N2O2. The number of aryl methyl sites for hydroxylation is 1. The van der Waals surface area contributed by atoms with Crippen molar-refractivity contribution < 1.29 is 9.90 Å². The van der Waals surface area contributed by atoms with Crippen molar-refractivity contribution in [2.45, 2.75) is 6.92 Å². The zero-order valence-corrected chi connectivity index (χ0v) is 7.74. The van der Waals surface area contributed by atoms with Crippen LogP contribution < -0.4 is 5.32 Å². The molecule has 4 nitrogen and oxygen atoms in total. The van der Waals surface area contributed by atoms with E-state index in [4.69, 9.17) is 10.4 Å². The van der Waals surface area contributed by atoms with E-state index < -0.39 is 5.97 Å². The Bertz CT molecular complexity index is 394. The molecule has 0 saturated heterocycles. The Balaban J connectivity index is 2.89.